The number of nitrogens with one attached hydrogen (secondary N) is 2. The van der Waals surface area contributed by atoms with Crippen LogP contribution in [0, 0.1) is 6.92 Å². The Bertz CT molecular complexity index is 965. The molecule has 1 aromatic heterocycles. The van der Waals surface area contributed by atoms with Crippen molar-refractivity contribution in [2.24, 2.45) is 0 Å². The van der Waals surface area contributed by atoms with Gasteiger partial charge in [-0.3, -0.25) is 9.59 Å². The van der Waals surface area contributed by atoms with E-state index in [0.29, 0.717) is 24.4 Å². The van der Waals surface area contributed by atoms with Gasteiger partial charge in [0.25, 0.3) is 5.91 Å². The molecule has 3 rings (SSSR count). The summed E-state index contributed by atoms with van der Waals surface area (Å²) in [7, 11) is 1.56. The molecule has 0 unspecified atom stereocenters. The number of methoxy groups -OCH3 is 1. The number of hydrogen-bond donors (Lipinski definition) is 2. The topological polar surface area (TPSA) is 85.3 Å². The number of amides is 2. The molecule has 0 atom stereocenters. The Morgan fingerprint density at radius 2 is 1.76 bits per heavy atom. The molecule has 0 aliphatic carbocycles. The molecule has 0 radical (unpaired) electrons. The minimum Gasteiger partial charge on any atom is -0.383 e. The van der Waals surface area contributed by atoms with E-state index in [4.69, 9.17) is 4.74 Å². The number of nitrogens with zero attached hydrogens (tertiary/aromatic N) is 2. The van der Waals surface area contributed by atoms with Crippen molar-refractivity contribution in [3.63, 3.8) is 0 Å². The normalized spacial score (nSPS) is 10.6. The molecule has 0 aliphatic rings. The van der Waals surface area contributed by atoms with E-state index in [2.05, 4.69) is 15.7 Å². The van der Waals surface area contributed by atoms with Crippen molar-refractivity contribution in [3.05, 3.63) is 71.9 Å². The highest BCUT2D eigenvalue weighted by Gasteiger charge is 2.19. The van der Waals surface area contributed by atoms with Gasteiger partial charge in [0.15, 0.2) is 0 Å². The summed E-state index contributed by atoms with van der Waals surface area (Å²) < 4.78 is 6.57. The van der Waals surface area contributed by atoms with Crippen molar-refractivity contribution in [1.82, 2.24) is 20.4 Å². The van der Waals surface area contributed by atoms with Crippen molar-refractivity contribution < 1.29 is 14.3 Å². The molecule has 0 fully saturated rings. The molecule has 3 aromatic rings. The fraction of sp³-hybridized carbons (Fsp3) is 0.227. The minimum atomic E-state index is -0.357. The van der Waals surface area contributed by atoms with Crippen LogP contribution in [0.5, 0.6) is 0 Å². The molecule has 0 saturated heterocycles. The molecule has 7 heteroatoms. The maximum Gasteiger partial charge on any atom is 0.255 e. The van der Waals surface area contributed by atoms with Crippen LogP contribution in [0.25, 0.3) is 16.9 Å². The van der Waals surface area contributed by atoms with Crippen LogP contribution < -0.4 is 10.6 Å². The second-order valence-corrected chi connectivity index (χ2v) is 6.56. The number of carbonyl (C=O) groups excluding carboxylic acids is 2. The lowest BCUT2D eigenvalue weighted by Crippen LogP contribution is -2.38. The van der Waals surface area contributed by atoms with Gasteiger partial charge in [-0.05, 0) is 19.1 Å². The highest BCUT2D eigenvalue weighted by Crippen LogP contribution is 2.23. The van der Waals surface area contributed by atoms with Gasteiger partial charge in [-0.25, -0.2) is 4.68 Å². The van der Waals surface area contributed by atoms with E-state index in [1.165, 1.54) is 0 Å². The van der Waals surface area contributed by atoms with Crippen molar-refractivity contribution in [2.45, 2.75) is 6.92 Å². The smallest absolute Gasteiger partial charge is 0.255 e. The Morgan fingerprint density at radius 1 is 1.03 bits per heavy atom. The first-order chi connectivity index (χ1) is 14.1. The van der Waals surface area contributed by atoms with Crippen LogP contribution in [0.2, 0.25) is 0 Å². The van der Waals surface area contributed by atoms with E-state index in [0.717, 1.165) is 16.8 Å². The molecule has 2 amide bonds. The Balaban J connectivity index is 1.83. The highest BCUT2D eigenvalue weighted by molar-refractivity contribution is 6.01. The first kappa shape index (κ1) is 20.3. The zero-order valence-electron chi connectivity index (χ0n) is 16.5. The summed E-state index contributed by atoms with van der Waals surface area (Å²) in [6.45, 7) is 2.71. The second kappa shape index (κ2) is 9.66. The van der Waals surface area contributed by atoms with E-state index < -0.39 is 0 Å². The van der Waals surface area contributed by atoms with Gasteiger partial charge in [0.2, 0.25) is 5.91 Å². The molecular formula is C22H24N4O3. The highest BCUT2D eigenvalue weighted by atomic mass is 16.5. The lowest BCUT2D eigenvalue weighted by Gasteiger charge is -2.06. The van der Waals surface area contributed by atoms with Crippen molar-refractivity contribution in [3.8, 4) is 16.9 Å². The molecule has 29 heavy (non-hydrogen) atoms. The largest absolute Gasteiger partial charge is 0.383 e. The van der Waals surface area contributed by atoms with Gasteiger partial charge in [0, 0.05) is 25.4 Å². The van der Waals surface area contributed by atoms with Crippen molar-refractivity contribution in [1.29, 1.82) is 0 Å². The summed E-state index contributed by atoms with van der Waals surface area (Å²) in [5.41, 5.74) is 3.78. The lowest BCUT2D eigenvalue weighted by atomic mass is 10.1. The third-order valence-electron chi connectivity index (χ3n) is 4.34. The standard InChI is InChI=1S/C22H24N4O3/c1-16-8-10-18(11-9-16)26-15-19(21(25-26)17-6-4-3-5-7-17)22(28)24-14-20(27)23-12-13-29-2/h3-11,15H,12-14H2,1-2H3,(H,23,27)(H,24,28). The van der Waals surface area contributed by atoms with E-state index >= 15 is 0 Å². The van der Waals surface area contributed by atoms with Crippen LogP contribution in [0.1, 0.15) is 15.9 Å². The van der Waals surface area contributed by atoms with Crippen molar-refractivity contribution in [2.75, 3.05) is 26.8 Å². The Kier molecular flexibility index (Phi) is 6.76. The third kappa shape index (κ3) is 5.30. The molecule has 7 nitrogen and oxygen atoms in total. The number of benzene rings is 2. The molecule has 0 spiro atoms. The monoisotopic (exact) mass is 392 g/mol. The molecule has 2 N–H and O–H groups in total. The zero-order valence-corrected chi connectivity index (χ0v) is 16.5. The molecule has 1 heterocycles. The van der Waals surface area contributed by atoms with Gasteiger partial charge < -0.3 is 15.4 Å². The summed E-state index contributed by atoms with van der Waals surface area (Å²) in [5.74, 6) is -0.633. The number of rotatable bonds is 8. The summed E-state index contributed by atoms with van der Waals surface area (Å²) in [6.07, 6.45) is 1.69. The summed E-state index contributed by atoms with van der Waals surface area (Å²) >= 11 is 0. The second-order valence-electron chi connectivity index (χ2n) is 6.56. The number of aryl methyl sites for hydroxylation is 1. The van der Waals surface area contributed by atoms with Crippen LogP contribution in [0.3, 0.4) is 0 Å². The SMILES string of the molecule is COCCNC(=O)CNC(=O)c1cn(-c2ccc(C)cc2)nc1-c1ccccc1. The van der Waals surface area contributed by atoms with Crippen LogP contribution in [-0.4, -0.2) is 48.4 Å². The van der Waals surface area contributed by atoms with Gasteiger partial charge >= 0.3 is 0 Å². The third-order valence-corrected chi connectivity index (χ3v) is 4.34. The average Bonchev–Trinajstić information content (AvgIpc) is 3.19. The van der Waals surface area contributed by atoms with E-state index in [9.17, 15) is 9.59 Å². The van der Waals surface area contributed by atoms with Crippen molar-refractivity contribution >= 4 is 11.8 Å². The zero-order chi connectivity index (χ0) is 20.6. The lowest BCUT2D eigenvalue weighted by molar-refractivity contribution is -0.120. The first-order valence-corrected chi connectivity index (χ1v) is 9.34. The van der Waals surface area contributed by atoms with Crippen LogP contribution in [0.15, 0.2) is 60.8 Å². The number of hydrogen-bond acceptors (Lipinski definition) is 4. The Morgan fingerprint density at radius 3 is 2.45 bits per heavy atom. The predicted molar refractivity (Wildman–Crippen MR) is 111 cm³/mol. The van der Waals surface area contributed by atoms with Gasteiger partial charge in [-0.1, -0.05) is 48.0 Å². The van der Waals surface area contributed by atoms with E-state index in [1.54, 1.807) is 18.0 Å². The number of ether oxygens (including phenoxy) is 1. The fourth-order valence-corrected chi connectivity index (χ4v) is 2.79. The fourth-order valence-electron chi connectivity index (χ4n) is 2.79. The summed E-state index contributed by atoms with van der Waals surface area (Å²) in [5, 5.41) is 9.97. The van der Waals surface area contributed by atoms with Crippen LogP contribution >= 0.6 is 0 Å². The van der Waals surface area contributed by atoms with Crippen LogP contribution in [-0.2, 0) is 9.53 Å². The molecular weight excluding hydrogens is 368 g/mol. The van der Waals surface area contributed by atoms with E-state index in [-0.39, 0.29) is 18.4 Å². The van der Waals surface area contributed by atoms with Gasteiger partial charge in [-0.15, -0.1) is 0 Å². The molecule has 150 valence electrons. The van der Waals surface area contributed by atoms with Crippen LogP contribution in [0.4, 0.5) is 0 Å². The molecule has 0 bridgehead atoms. The maximum absolute atomic E-state index is 12.8. The molecule has 0 aliphatic heterocycles. The number of carbonyl (C=O) groups is 2. The summed E-state index contributed by atoms with van der Waals surface area (Å²) in [4.78, 5) is 24.7. The summed E-state index contributed by atoms with van der Waals surface area (Å²) in [6, 6.07) is 17.4. The average molecular weight is 392 g/mol. The van der Waals surface area contributed by atoms with E-state index in [1.807, 2.05) is 61.5 Å². The molecule has 0 saturated carbocycles. The number of aromatic nitrogens is 2. The predicted octanol–water partition coefficient (Wildman–Crippen LogP) is 2.34. The van der Waals surface area contributed by atoms with Gasteiger partial charge in [0.1, 0.15) is 5.69 Å². The first-order valence-electron chi connectivity index (χ1n) is 9.34. The Hall–Kier alpha value is -3.45. The quantitative estimate of drug-likeness (QED) is 0.576. The maximum atomic E-state index is 12.8. The van der Waals surface area contributed by atoms with Gasteiger partial charge in [-0.2, -0.15) is 5.10 Å². The minimum absolute atomic E-state index is 0.119. The van der Waals surface area contributed by atoms with Gasteiger partial charge in [0.05, 0.1) is 24.4 Å². The molecule has 2 aromatic carbocycles. The Labute approximate surface area is 169 Å².